The number of para-hydroxylation sites is 1. The van der Waals surface area contributed by atoms with Crippen LogP contribution in [0.4, 0.5) is 5.69 Å². The standard InChI is InChI=1S/C26H32N4O/c1-19-8-7-15-29(17-19)18-22-11-13-23(14-12-22)27-26(31)16-25-20(2)28-30(21(25)3)24-9-5-4-6-10-24/h4-6,9-14,19H,7-8,15-18H2,1-3H3,(H,27,31). The van der Waals surface area contributed by atoms with Crippen molar-refractivity contribution in [1.29, 1.82) is 0 Å². The zero-order valence-corrected chi connectivity index (χ0v) is 18.8. The van der Waals surface area contributed by atoms with Crippen LogP contribution in [0.3, 0.4) is 0 Å². The van der Waals surface area contributed by atoms with E-state index < -0.39 is 0 Å². The molecule has 1 fully saturated rings. The summed E-state index contributed by atoms with van der Waals surface area (Å²) in [5.41, 5.74) is 6.02. The Balaban J connectivity index is 1.37. The van der Waals surface area contributed by atoms with Crippen LogP contribution in [0.5, 0.6) is 0 Å². The minimum absolute atomic E-state index is 0.0172. The highest BCUT2D eigenvalue weighted by Gasteiger charge is 2.17. The Kier molecular flexibility index (Phi) is 6.52. The number of aromatic nitrogens is 2. The van der Waals surface area contributed by atoms with Crippen LogP contribution in [0, 0.1) is 19.8 Å². The molecule has 0 bridgehead atoms. The van der Waals surface area contributed by atoms with E-state index in [1.54, 1.807) is 0 Å². The van der Waals surface area contributed by atoms with E-state index in [1.807, 2.05) is 61.0 Å². The minimum atomic E-state index is -0.0172. The van der Waals surface area contributed by atoms with Gasteiger partial charge in [-0.2, -0.15) is 5.10 Å². The van der Waals surface area contributed by atoms with Gasteiger partial charge in [0.05, 0.1) is 17.8 Å². The smallest absolute Gasteiger partial charge is 0.228 e. The molecule has 3 aromatic rings. The van der Waals surface area contributed by atoms with Gasteiger partial charge in [0, 0.05) is 30.0 Å². The zero-order chi connectivity index (χ0) is 21.8. The Morgan fingerprint density at radius 3 is 2.55 bits per heavy atom. The molecule has 1 unspecified atom stereocenters. The second-order valence-electron chi connectivity index (χ2n) is 8.80. The van der Waals surface area contributed by atoms with Crippen LogP contribution in [0.25, 0.3) is 5.69 Å². The van der Waals surface area contributed by atoms with Crippen LogP contribution in [-0.2, 0) is 17.8 Å². The predicted octanol–water partition coefficient (Wildman–Crippen LogP) is 4.90. The number of rotatable bonds is 6. The lowest BCUT2D eigenvalue weighted by Gasteiger charge is -2.30. The van der Waals surface area contributed by atoms with Gasteiger partial charge in [0.15, 0.2) is 0 Å². The number of hydrogen-bond acceptors (Lipinski definition) is 3. The molecule has 0 aliphatic carbocycles. The first-order chi connectivity index (χ1) is 15.0. The molecule has 5 nitrogen and oxygen atoms in total. The van der Waals surface area contributed by atoms with E-state index in [4.69, 9.17) is 0 Å². The molecule has 2 heterocycles. The van der Waals surface area contributed by atoms with E-state index in [9.17, 15) is 4.79 Å². The second-order valence-corrected chi connectivity index (χ2v) is 8.80. The first-order valence-electron chi connectivity index (χ1n) is 11.2. The topological polar surface area (TPSA) is 50.2 Å². The number of amides is 1. The summed E-state index contributed by atoms with van der Waals surface area (Å²) < 4.78 is 1.91. The first kappa shape index (κ1) is 21.3. The number of likely N-dealkylation sites (tertiary alicyclic amines) is 1. The Morgan fingerprint density at radius 2 is 1.84 bits per heavy atom. The molecule has 1 aliphatic heterocycles. The van der Waals surface area contributed by atoms with Gasteiger partial charge in [0.25, 0.3) is 0 Å². The van der Waals surface area contributed by atoms with Crippen molar-refractivity contribution in [3.8, 4) is 5.69 Å². The third-order valence-corrected chi connectivity index (χ3v) is 6.16. The van der Waals surface area contributed by atoms with Crippen LogP contribution in [-0.4, -0.2) is 33.7 Å². The van der Waals surface area contributed by atoms with Crippen LogP contribution in [0.15, 0.2) is 54.6 Å². The number of nitrogens with one attached hydrogen (secondary N) is 1. The lowest BCUT2D eigenvalue weighted by Crippen LogP contribution is -2.33. The maximum Gasteiger partial charge on any atom is 0.228 e. The van der Waals surface area contributed by atoms with E-state index >= 15 is 0 Å². The molecule has 1 aromatic heterocycles. The van der Waals surface area contributed by atoms with Crippen molar-refractivity contribution in [2.75, 3.05) is 18.4 Å². The number of anilines is 1. The third-order valence-electron chi connectivity index (χ3n) is 6.16. The van der Waals surface area contributed by atoms with Crippen LogP contribution in [0.2, 0.25) is 0 Å². The summed E-state index contributed by atoms with van der Waals surface area (Å²) in [7, 11) is 0. The maximum absolute atomic E-state index is 12.7. The average Bonchev–Trinajstić information content (AvgIpc) is 3.04. The molecule has 0 spiro atoms. The fourth-order valence-corrected chi connectivity index (χ4v) is 4.50. The highest BCUT2D eigenvalue weighted by Crippen LogP contribution is 2.21. The van der Waals surface area contributed by atoms with E-state index in [2.05, 4.69) is 34.4 Å². The Bertz CT molecular complexity index is 1020. The van der Waals surface area contributed by atoms with Crippen molar-refractivity contribution in [1.82, 2.24) is 14.7 Å². The molecule has 4 rings (SSSR count). The summed E-state index contributed by atoms with van der Waals surface area (Å²) in [6.07, 6.45) is 2.94. The van der Waals surface area contributed by atoms with E-state index in [1.165, 1.54) is 31.5 Å². The van der Waals surface area contributed by atoms with Gasteiger partial charge < -0.3 is 5.32 Å². The lowest BCUT2D eigenvalue weighted by molar-refractivity contribution is -0.115. The number of hydrogen-bond donors (Lipinski definition) is 1. The Morgan fingerprint density at radius 1 is 1.10 bits per heavy atom. The summed E-state index contributed by atoms with van der Waals surface area (Å²) in [5.74, 6) is 0.766. The molecular weight excluding hydrogens is 384 g/mol. The Labute approximate surface area is 185 Å². The summed E-state index contributed by atoms with van der Waals surface area (Å²) in [6, 6.07) is 18.3. The molecule has 1 atom stereocenters. The van der Waals surface area contributed by atoms with Gasteiger partial charge in [-0.25, -0.2) is 4.68 Å². The number of benzene rings is 2. The number of piperidine rings is 1. The molecule has 1 N–H and O–H groups in total. The normalized spacial score (nSPS) is 16.9. The van der Waals surface area contributed by atoms with Crippen LogP contribution >= 0.6 is 0 Å². The molecule has 1 amide bonds. The fraction of sp³-hybridized carbons (Fsp3) is 0.385. The molecule has 162 valence electrons. The molecule has 31 heavy (non-hydrogen) atoms. The molecule has 5 heteroatoms. The van der Waals surface area contributed by atoms with Crippen molar-refractivity contribution in [2.24, 2.45) is 5.92 Å². The van der Waals surface area contributed by atoms with Gasteiger partial charge in [0.2, 0.25) is 5.91 Å². The summed E-state index contributed by atoms with van der Waals surface area (Å²) in [5, 5.41) is 7.69. The van der Waals surface area contributed by atoms with Gasteiger partial charge in [-0.3, -0.25) is 9.69 Å². The lowest BCUT2D eigenvalue weighted by atomic mass is 10.00. The van der Waals surface area contributed by atoms with Crippen molar-refractivity contribution in [3.05, 3.63) is 77.1 Å². The first-order valence-corrected chi connectivity index (χ1v) is 11.2. The van der Waals surface area contributed by atoms with Gasteiger partial charge in [0.1, 0.15) is 0 Å². The highest BCUT2D eigenvalue weighted by atomic mass is 16.1. The molecule has 0 saturated carbocycles. The van der Waals surface area contributed by atoms with Crippen molar-refractivity contribution in [2.45, 2.75) is 46.6 Å². The zero-order valence-electron chi connectivity index (χ0n) is 18.8. The average molecular weight is 417 g/mol. The van der Waals surface area contributed by atoms with E-state index in [-0.39, 0.29) is 5.91 Å². The van der Waals surface area contributed by atoms with Gasteiger partial charge >= 0.3 is 0 Å². The highest BCUT2D eigenvalue weighted by molar-refractivity contribution is 5.92. The summed E-state index contributed by atoms with van der Waals surface area (Å²) in [6.45, 7) is 9.65. The van der Waals surface area contributed by atoms with Crippen molar-refractivity contribution < 1.29 is 4.79 Å². The summed E-state index contributed by atoms with van der Waals surface area (Å²) >= 11 is 0. The van der Waals surface area contributed by atoms with Crippen molar-refractivity contribution >= 4 is 11.6 Å². The third kappa shape index (κ3) is 5.23. The molecular formula is C26H32N4O. The maximum atomic E-state index is 12.7. The largest absolute Gasteiger partial charge is 0.326 e. The Hall–Kier alpha value is -2.92. The van der Waals surface area contributed by atoms with E-state index in [0.29, 0.717) is 6.42 Å². The quantitative estimate of drug-likeness (QED) is 0.622. The minimum Gasteiger partial charge on any atom is -0.326 e. The molecule has 1 saturated heterocycles. The van der Waals surface area contributed by atoms with E-state index in [0.717, 1.165) is 40.8 Å². The number of carbonyl (C=O) groups excluding carboxylic acids is 1. The van der Waals surface area contributed by atoms with Crippen molar-refractivity contribution in [3.63, 3.8) is 0 Å². The SMILES string of the molecule is Cc1nn(-c2ccccc2)c(C)c1CC(=O)Nc1ccc(CN2CCCC(C)C2)cc1. The molecule has 0 radical (unpaired) electrons. The molecule has 1 aliphatic rings. The van der Waals surface area contributed by atoms with Crippen LogP contribution in [0.1, 0.15) is 42.3 Å². The number of carbonyl (C=O) groups is 1. The number of nitrogens with zero attached hydrogens (tertiary/aromatic N) is 3. The van der Waals surface area contributed by atoms with Gasteiger partial charge in [-0.1, -0.05) is 37.3 Å². The molecule has 2 aromatic carbocycles. The fourth-order valence-electron chi connectivity index (χ4n) is 4.50. The summed E-state index contributed by atoms with van der Waals surface area (Å²) in [4.78, 5) is 15.2. The monoisotopic (exact) mass is 416 g/mol. The second kappa shape index (κ2) is 9.48. The van der Waals surface area contributed by atoms with Crippen LogP contribution < -0.4 is 5.32 Å². The number of aryl methyl sites for hydroxylation is 1. The van der Waals surface area contributed by atoms with Gasteiger partial charge in [-0.05, 0) is 69.0 Å². The van der Waals surface area contributed by atoms with Gasteiger partial charge in [-0.15, -0.1) is 0 Å². The predicted molar refractivity (Wildman–Crippen MR) is 125 cm³/mol.